The molecule has 7 heteroatoms. The number of carbonyl (C=O) groups excluding carboxylic acids is 2. The lowest BCUT2D eigenvalue weighted by atomic mass is 9.70. The normalized spacial score (nSPS) is 24.9. The number of esters is 1. The first kappa shape index (κ1) is 24.3. The molecular weight excluding hydrogens is 430 g/mol. The quantitative estimate of drug-likeness (QED) is 0.551. The first-order chi connectivity index (χ1) is 15.0. The van der Waals surface area contributed by atoms with Crippen LogP contribution in [-0.2, 0) is 19.1 Å². The van der Waals surface area contributed by atoms with Crippen LogP contribution in [0.5, 0.6) is 0 Å². The summed E-state index contributed by atoms with van der Waals surface area (Å²) in [6.45, 7) is 4.22. The lowest BCUT2D eigenvalue weighted by Crippen LogP contribution is -2.34. The zero-order chi connectivity index (χ0) is 23.5. The van der Waals surface area contributed by atoms with Crippen molar-refractivity contribution in [2.75, 3.05) is 20.7 Å². The van der Waals surface area contributed by atoms with Gasteiger partial charge in [0.05, 0.1) is 18.6 Å². The average molecular weight is 460 g/mol. The minimum absolute atomic E-state index is 0.00703. The van der Waals surface area contributed by atoms with Gasteiger partial charge in [0.25, 0.3) is 0 Å². The van der Waals surface area contributed by atoms with E-state index in [0.29, 0.717) is 24.3 Å². The number of rotatable bonds is 4. The van der Waals surface area contributed by atoms with E-state index in [9.17, 15) is 14.7 Å². The number of allylic oxidation sites excluding steroid dienone is 1. The summed E-state index contributed by atoms with van der Waals surface area (Å²) in [5, 5.41) is 10.5. The molecule has 2 aliphatic rings. The van der Waals surface area contributed by atoms with E-state index in [0.717, 1.165) is 16.7 Å². The van der Waals surface area contributed by atoms with Crippen LogP contribution in [0.3, 0.4) is 0 Å². The molecule has 0 aromatic heterocycles. The van der Waals surface area contributed by atoms with Crippen molar-refractivity contribution in [3.8, 4) is 11.8 Å². The molecule has 3 rings (SSSR count). The lowest BCUT2D eigenvalue weighted by molar-refractivity contribution is -0.155. The van der Waals surface area contributed by atoms with Crippen LogP contribution in [0, 0.1) is 17.3 Å². The van der Waals surface area contributed by atoms with E-state index >= 15 is 0 Å². The highest BCUT2D eigenvalue weighted by Crippen LogP contribution is 2.45. The molecule has 1 aliphatic heterocycles. The van der Waals surface area contributed by atoms with Crippen LogP contribution in [-0.4, -0.2) is 60.9 Å². The number of benzene rings is 1. The summed E-state index contributed by atoms with van der Waals surface area (Å²) in [5.41, 5.74) is 2.62. The van der Waals surface area contributed by atoms with Gasteiger partial charge in [-0.05, 0) is 29.7 Å². The van der Waals surface area contributed by atoms with Crippen LogP contribution in [0.15, 0.2) is 29.8 Å². The van der Waals surface area contributed by atoms with Gasteiger partial charge in [0.15, 0.2) is 6.10 Å². The molecule has 32 heavy (non-hydrogen) atoms. The number of amides is 1. The molecule has 1 aliphatic carbocycles. The maximum absolute atomic E-state index is 12.0. The second-order valence-corrected chi connectivity index (χ2v) is 9.65. The van der Waals surface area contributed by atoms with Gasteiger partial charge in [-0.3, -0.25) is 9.59 Å². The standard InChI is InChI=1S/C25H30ClNO5/c1-25(2)14-20(31-15-23(29)27(3)4)13-21(16-5-7-17(26)8-6-16)22(25)10-9-19-11-18(28)12-24(30)32-19/h5-8,18-20,28H,11-15H2,1-4H3/t18-,19-,20?/m1/s1. The fraction of sp³-hybridized carbons (Fsp3) is 0.520. The SMILES string of the molecule is CN(C)C(=O)COC1CC(c2ccc(Cl)cc2)=C(C#C[C@@H]2C[C@@H](O)CC(=O)O2)C(C)(C)C1. The Labute approximate surface area is 194 Å². The van der Waals surface area contributed by atoms with Gasteiger partial charge in [0, 0.05) is 42.9 Å². The number of hydrogen-bond acceptors (Lipinski definition) is 5. The number of halogens is 1. The van der Waals surface area contributed by atoms with Crippen LogP contribution in [0.25, 0.3) is 5.57 Å². The van der Waals surface area contributed by atoms with Crippen LogP contribution in [0.4, 0.5) is 0 Å². The third kappa shape index (κ3) is 6.13. The van der Waals surface area contributed by atoms with E-state index in [-0.39, 0.29) is 30.5 Å². The predicted molar refractivity (Wildman–Crippen MR) is 123 cm³/mol. The zero-order valence-corrected chi connectivity index (χ0v) is 19.7. The Morgan fingerprint density at radius 3 is 2.59 bits per heavy atom. The zero-order valence-electron chi connectivity index (χ0n) is 19.0. The summed E-state index contributed by atoms with van der Waals surface area (Å²) < 4.78 is 11.3. The molecule has 0 saturated carbocycles. The van der Waals surface area contributed by atoms with Crippen LogP contribution < -0.4 is 0 Å². The average Bonchev–Trinajstić information content (AvgIpc) is 2.70. The Balaban J connectivity index is 1.94. The van der Waals surface area contributed by atoms with Gasteiger partial charge in [-0.25, -0.2) is 0 Å². The summed E-state index contributed by atoms with van der Waals surface area (Å²) in [5.74, 6) is 5.81. The van der Waals surface area contributed by atoms with Crippen molar-refractivity contribution >= 4 is 29.1 Å². The second-order valence-electron chi connectivity index (χ2n) is 9.22. The highest BCUT2D eigenvalue weighted by molar-refractivity contribution is 6.30. The monoisotopic (exact) mass is 459 g/mol. The van der Waals surface area contributed by atoms with Crippen molar-refractivity contribution in [2.45, 2.75) is 57.8 Å². The van der Waals surface area contributed by atoms with E-state index < -0.39 is 18.2 Å². The molecule has 1 unspecified atom stereocenters. The van der Waals surface area contributed by atoms with Crippen LogP contribution >= 0.6 is 11.6 Å². The minimum Gasteiger partial charge on any atom is -0.449 e. The minimum atomic E-state index is -0.730. The van der Waals surface area contributed by atoms with Gasteiger partial charge in [0.1, 0.15) is 6.61 Å². The van der Waals surface area contributed by atoms with Gasteiger partial charge >= 0.3 is 5.97 Å². The van der Waals surface area contributed by atoms with Gasteiger partial charge in [-0.2, -0.15) is 0 Å². The first-order valence-corrected chi connectivity index (χ1v) is 11.1. The van der Waals surface area contributed by atoms with E-state index in [2.05, 4.69) is 25.7 Å². The molecule has 3 atom stereocenters. The molecule has 1 amide bonds. The third-order valence-electron chi connectivity index (χ3n) is 5.80. The summed E-state index contributed by atoms with van der Waals surface area (Å²) in [6.07, 6.45) is 0.109. The van der Waals surface area contributed by atoms with Crippen LogP contribution in [0.2, 0.25) is 5.02 Å². The summed E-state index contributed by atoms with van der Waals surface area (Å²) in [4.78, 5) is 25.2. The Morgan fingerprint density at radius 1 is 1.28 bits per heavy atom. The van der Waals surface area contributed by atoms with Crippen molar-refractivity contribution in [3.05, 3.63) is 40.4 Å². The number of hydrogen-bond donors (Lipinski definition) is 1. The van der Waals surface area contributed by atoms with Crippen molar-refractivity contribution in [1.29, 1.82) is 0 Å². The summed E-state index contributed by atoms with van der Waals surface area (Å²) in [7, 11) is 3.41. The fourth-order valence-electron chi connectivity index (χ4n) is 4.09. The molecule has 1 fully saturated rings. The van der Waals surface area contributed by atoms with E-state index in [1.165, 1.54) is 4.90 Å². The molecule has 6 nitrogen and oxygen atoms in total. The molecule has 1 saturated heterocycles. The smallest absolute Gasteiger partial charge is 0.309 e. The summed E-state index contributed by atoms with van der Waals surface area (Å²) in [6, 6.07) is 7.57. The molecule has 1 heterocycles. The molecule has 1 N–H and O–H groups in total. The largest absolute Gasteiger partial charge is 0.449 e. The lowest BCUT2D eigenvalue weighted by Gasteiger charge is -2.37. The van der Waals surface area contributed by atoms with E-state index in [4.69, 9.17) is 21.1 Å². The maximum Gasteiger partial charge on any atom is 0.309 e. The highest BCUT2D eigenvalue weighted by atomic mass is 35.5. The summed E-state index contributed by atoms with van der Waals surface area (Å²) >= 11 is 6.09. The first-order valence-electron chi connectivity index (χ1n) is 10.8. The van der Waals surface area contributed by atoms with E-state index in [1.54, 1.807) is 14.1 Å². The van der Waals surface area contributed by atoms with Gasteiger partial charge < -0.3 is 19.5 Å². The Hall–Kier alpha value is -2.33. The van der Waals surface area contributed by atoms with Crippen molar-refractivity contribution < 1.29 is 24.2 Å². The molecule has 1 aromatic rings. The van der Waals surface area contributed by atoms with Crippen molar-refractivity contribution in [3.63, 3.8) is 0 Å². The highest BCUT2D eigenvalue weighted by Gasteiger charge is 2.36. The number of carbonyl (C=O) groups is 2. The maximum atomic E-state index is 12.0. The topological polar surface area (TPSA) is 76.1 Å². The number of ether oxygens (including phenoxy) is 2. The number of likely N-dealkylation sites (N-methyl/N-ethyl adjacent to an activating group) is 1. The van der Waals surface area contributed by atoms with Crippen LogP contribution in [0.1, 0.15) is 45.1 Å². The number of cyclic esters (lactones) is 1. The van der Waals surface area contributed by atoms with Crippen molar-refractivity contribution in [1.82, 2.24) is 4.90 Å². The molecule has 172 valence electrons. The third-order valence-corrected chi connectivity index (χ3v) is 6.05. The number of nitrogens with zero attached hydrogens (tertiary/aromatic N) is 1. The predicted octanol–water partition coefficient (Wildman–Crippen LogP) is 3.46. The Bertz CT molecular complexity index is 955. The molecule has 0 bridgehead atoms. The second kappa shape index (κ2) is 10.1. The van der Waals surface area contributed by atoms with Crippen molar-refractivity contribution in [2.24, 2.45) is 5.41 Å². The van der Waals surface area contributed by atoms with E-state index in [1.807, 2.05) is 24.3 Å². The van der Waals surface area contributed by atoms with Gasteiger partial charge in [-0.15, -0.1) is 0 Å². The van der Waals surface area contributed by atoms with Gasteiger partial charge in [-0.1, -0.05) is 49.4 Å². The molecule has 0 spiro atoms. The fourth-order valence-corrected chi connectivity index (χ4v) is 4.22. The molecular formula is C25H30ClNO5. The number of aliphatic hydroxyl groups is 1. The number of aliphatic hydroxyl groups excluding tert-OH is 1. The Kier molecular flexibility index (Phi) is 7.66. The molecule has 1 aromatic carbocycles. The Morgan fingerprint density at radius 2 is 1.97 bits per heavy atom. The van der Waals surface area contributed by atoms with Gasteiger partial charge in [0.2, 0.25) is 5.91 Å². The molecule has 0 radical (unpaired) electrons.